The summed E-state index contributed by atoms with van der Waals surface area (Å²) in [4.78, 5) is 29.4. The third kappa shape index (κ3) is 6.06. The molecule has 2 aromatic rings. The summed E-state index contributed by atoms with van der Waals surface area (Å²) in [7, 11) is 2.08. The molecule has 1 N–H and O–H groups in total. The minimum atomic E-state index is -0.134. The zero-order chi connectivity index (χ0) is 20.6. The zero-order valence-corrected chi connectivity index (χ0v) is 17.2. The van der Waals surface area contributed by atoms with Crippen molar-refractivity contribution >= 4 is 17.5 Å². The maximum atomic E-state index is 12.9. The highest BCUT2D eigenvalue weighted by molar-refractivity contribution is 5.97. The number of aryl methyl sites for hydroxylation is 1. The molecular weight excluding hydrogens is 366 g/mol. The molecule has 6 heteroatoms. The molecule has 1 aliphatic heterocycles. The van der Waals surface area contributed by atoms with Gasteiger partial charge in [0.15, 0.2) is 0 Å². The van der Waals surface area contributed by atoms with Crippen LogP contribution in [0.5, 0.6) is 5.75 Å². The number of anilines is 1. The molecule has 0 aromatic heterocycles. The maximum absolute atomic E-state index is 12.9. The average Bonchev–Trinajstić information content (AvgIpc) is 2.94. The zero-order valence-electron chi connectivity index (χ0n) is 17.2. The van der Waals surface area contributed by atoms with Crippen molar-refractivity contribution in [3.05, 3.63) is 59.7 Å². The number of hydrogen-bond acceptors (Lipinski definition) is 4. The first-order valence-electron chi connectivity index (χ1n) is 10.1. The Labute approximate surface area is 172 Å². The lowest BCUT2D eigenvalue weighted by Crippen LogP contribution is -2.34. The molecule has 0 saturated carbocycles. The first-order valence-corrected chi connectivity index (χ1v) is 10.1. The molecular formula is C23H29N3O3. The number of hydrogen-bond donors (Lipinski definition) is 1. The van der Waals surface area contributed by atoms with Gasteiger partial charge in [0.1, 0.15) is 5.75 Å². The van der Waals surface area contributed by atoms with Gasteiger partial charge in [-0.15, -0.1) is 0 Å². The van der Waals surface area contributed by atoms with Crippen molar-refractivity contribution < 1.29 is 14.3 Å². The van der Waals surface area contributed by atoms with Crippen molar-refractivity contribution in [3.8, 4) is 5.75 Å². The Kier molecular flexibility index (Phi) is 7.25. The van der Waals surface area contributed by atoms with Crippen molar-refractivity contribution in [3.63, 3.8) is 0 Å². The second-order valence-electron chi connectivity index (χ2n) is 7.44. The first-order chi connectivity index (χ1) is 14.0. The van der Waals surface area contributed by atoms with Crippen LogP contribution in [0.2, 0.25) is 0 Å². The number of nitrogens with one attached hydrogen (secondary N) is 1. The van der Waals surface area contributed by atoms with Crippen LogP contribution >= 0.6 is 0 Å². The van der Waals surface area contributed by atoms with Gasteiger partial charge < -0.3 is 19.9 Å². The Morgan fingerprint density at radius 2 is 1.83 bits per heavy atom. The molecule has 0 unspecified atom stereocenters. The molecule has 154 valence electrons. The van der Waals surface area contributed by atoms with Gasteiger partial charge in [-0.25, -0.2) is 0 Å². The molecule has 0 atom stereocenters. The van der Waals surface area contributed by atoms with Gasteiger partial charge in [-0.3, -0.25) is 9.59 Å². The van der Waals surface area contributed by atoms with E-state index in [0.29, 0.717) is 17.9 Å². The number of ether oxygens (including phenoxy) is 1. The van der Waals surface area contributed by atoms with Crippen LogP contribution in [0.15, 0.2) is 48.5 Å². The number of carbonyl (C=O) groups is 2. The van der Waals surface area contributed by atoms with E-state index in [1.54, 1.807) is 6.07 Å². The van der Waals surface area contributed by atoms with Gasteiger partial charge in [0.05, 0.1) is 13.0 Å². The van der Waals surface area contributed by atoms with Gasteiger partial charge in [0, 0.05) is 30.9 Å². The summed E-state index contributed by atoms with van der Waals surface area (Å²) in [5.74, 6) is 0.625. The number of para-hydroxylation sites is 1. The van der Waals surface area contributed by atoms with E-state index in [9.17, 15) is 9.59 Å². The number of amides is 2. The van der Waals surface area contributed by atoms with E-state index in [-0.39, 0.29) is 18.2 Å². The molecule has 0 aliphatic carbocycles. The number of carbonyl (C=O) groups excluding carboxylic acids is 2. The van der Waals surface area contributed by atoms with Gasteiger partial charge in [-0.2, -0.15) is 0 Å². The van der Waals surface area contributed by atoms with Crippen molar-refractivity contribution in [2.45, 2.75) is 19.8 Å². The predicted octanol–water partition coefficient (Wildman–Crippen LogP) is 3.18. The van der Waals surface area contributed by atoms with Crippen molar-refractivity contribution in [2.75, 3.05) is 45.2 Å². The Balaban J connectivity index is 1.58. The normalized spacial score (nSPS) is 14.9. The molecule has 2 aromatic carbocycles. The SMILES string of the molecule is Cc1ccc(C(=O)N2CCCN(C)CC2)cc1NC(=O)CCOc1ccccc1. The fourth-order valence-electron chi connectivity index (χ4n) is 3.31. The van der Waals surface area contributed by atoms with Crippen molar-refractivity contribution in [2.24, 2.45) is 0 Å². The highest BCUT2D eigenvalue weighted by Gasteiger charge is 2.19. The molecule has 1 fully saturated rings. The summed E-state index contributed by atoms with van der Waals surface area (Å²) in [6.07, 6.45) is 1.21. The summed E-state index contributed by atoms with van der Waals surface area (Å²) in [6, 6.07) is 14.9. The van der Waals surface area contributed by atoms with Gasteiger partial charge in [-0.05, 0) is 56.8 Å². The van der Waals surface area contributed by atoms with Gasteiger partial charge in [0.25, 0.3) is 5.91 Å². The quantitative estimate of drug-likeness (QED) is 0.816. The van der Waals surface area contributed by atoms with E-state index >= 15 is 0 Å². The van der Waals surface area contributed by atoms with Crippen LogP contribution in [0.25, 0.3) is 0 Å². The van der Waals surface area contributed by atoms with E-state index in [0.717, 1.165) is 43.9 Å². The molecule has 2 amide bonds. The molecule has 3 rings (SSSR count). The van der Waals surface area contributed by atoms with Gasteiger partial charge >= 0.3 is 0 Å². The van der Waals surface area contributed by atoms with Gasteiger partial charge in [-0.1, -0.05) is 24.3 Å². The number of rotatable bonds is 6. The summed E-state index contributed by atoms with van der Waals surface area (Å²) in [5.41, 5.74) is 2.21. The van der Waals surface area contributed by atoms with Crippen molar-refractivity contribution in [1.82, 2.24) is 9.80 Å². The summed E-state index contributed by atoms with van der Waals surface area (Å²) in [6.45, 7) is 5.59. The minimum absolute atomic E-state index is 0.0169. The van der Waals surface area contributed by atoms with E-state index < -0.39 is 0 Å². The highest BCUT2D eigenvalue weighted by Crippen LogP contribution is 2.19. The standard InChI is InChI=1S/C23H29N3O3/c1-18-9-10-19(23(28)26-13-6-12-25(2)14-15-26)17-21(18)24-22(27)11-16-29-20-7-4-3-5-8-20/h3-5,7-10,17H,6,11-16H2,1-2H3,(H,24,27). The summed E-state index contributed by atoms with van der Waals surface area (Å²) >= 11 is 0. The lowest BCUT2D eigenvalue weighted by atomic mass is 10.1. The first kappa shape index (κ1) is 20.9. The van der Waals surface area contributed by atoms with Crippen LogP contribution in [0, 0.1) is 6.92 Å². The van der Waals surface area contributed by atoms with E-state index in [4.69, 9.17) is 4.74 Å². The lowest BCUT2D eigenvalue weighted by Gasteiger charge is -2.21. The number of nitrogens with zero attached hydrogens (tertiary/aromatic N) is 2. The van der Waals surface area contributed by atoms with Crippen molar-refractivity contribution in [1.29, 1.82) is 0 Å². The number of likely N-dealkylation sites (N-methyl/N-ethyl adjacent to an activating group) is 1. The Morgan fingerprint density at radius 3 is 2.62 bits per heavy atom. The minimum Gasteiger partial charge on any atom is -0.493 e. The second-order valence-corrected chi connectivity index (χ2v) is 7.44. The molecule has 0 spiro atoms. The molecule has 1 saturated heterocycles. The lowest BCUT2D eigenvalue weighted by molar-refractivity contribution is -0.116. The Hall–Kier alpha value is -2.86. The third-order valence-electron chi connectivity index (χ3n) is 5.11. The van der Waals surface area contributed by atoms with Crippen LogP contribution in [0.4, 0.5) is 5.69 Å². The molecule has 0 radical (unpaired) electrons. The van der Waals surface area contributed by atoms with Crippen LogP contribution in [-0.4, -0.2) is 61.4 Å². The molecule has 1 heterocycles. The molecule has 1 aliphatic rings. The summed E-state index contributed by atoms with van der Waals surface area (Å²) in [5, 5.41) is 2.92. The maximum Gasteiger partial charge on any atom is 0.253 e. The van der Waals surface area contributed by atoms with E-state index in [1.165, 1.54) is 0 Å². The van der Waals surface area contributed by atoms with Gasteiger partial charge in [0.2, 0.25) is 5.91 Å². The number of benzene rings is 2. The van der Waals surface area contributed by atoms with Crippen LogP contribution < -0.4 is 10.1 Å². The Morgan fingerprint density at radius 1 is 1.03 bits per heavy atom. The van der Waals surface area contributed by atoms with Crippen LogP contribution in [0.3, 0.4) is 0 Å². The topological polar surface area (TPSA) is 61.9 Å². The monoisotopic (exact) mass is 395 g/mol. The average molecular weight is 396 g/mol. The molecule has 29 heavy (non-hydrogen) atoms. The third-order valence-corrected chi connectivity index (χ3v) is 5.11. The van der Waals surface area contributed by atoms with E-state index in [2.05, 4.69) is 17.3 Å². The summed E-state index contributed by atoms with van der Waals surface area (Å²) < 4.78 is 5.58. The largest absolute Gasteiger partial charge is 0.493 e. The highest BCUT2D eigenvalue weighted by atomic mass is 16.5. The van der Waals surface area contributed by atoms with E-state index in [1.807, 2.05) is 54.3 Å². The smallest absolute Gasteiger partial charge is 0.253 e. The molecule has 0 bridgehead atoms. The fraction of sp³-hybridized carbons (Fsp3) is 0.391. The van der Waals surface area contributed by atoms with Crippen LogP contribution in [0.1, 0.15) is 28.8 Å². The Bertz CT molecular complexity index is 839. The van der Waals surface area contributed by atoms with Crippen LogP contribution in [-0.2, 0) is 4.79 Å². The predicted molar refractivity (Wildman–Crippen MR) is 114 cm³/mol. The molecule has 6 nitrogen and oxygen atoms in total. The second kappa shape index (κ2) is 10.1. The fourth-order valence-corrected chi connectivity index (χ4v) is 3.31.